The maximum atomic E-state index is 11.0. The lowest BCUT2D eigenvalue weighted by molar-refractivity contribution is -0.147. The van der Waals surface area contributed by atoms with E-state index in [-0.39, 0.29) is 12.1 Å². The minimum atomic E-state index is -0.166. The van der Waals surface area contributed by atoms with Crippen LogP contribution >= 0.6 is 0 Å². The summed E-state index contributed by atoms with van der Waals surface area (Å²) in [4.78, 5) is 11.0. The molecular weight excluding hydrogens is 200 g/mol. The van der Waals surface area contributed by atoms with Crippen LogP contribution in [0.5, 0.6) is 0 Å². The van der Waals surface area contributed by atoms with Gasteiger partial charge in [-0.25, -0.2) is 0 Å². The first kappa shape index (κ1) is 11.7. The van der Waals surface area contributed by atoms with E-state index in [0.717, 1.165) is 5.92 Å². The van der Waals surface area contributed by atoms with Gasteiger partial charge in [0.1, 0.15) is 6.10 Å². The van der Waals surface area contributed by atoms with Gasteiger partial charge in [0.05, 0.1) is 0 Å². The molecule has 0 aromatic rings. The van der Waals surface area contributed by atoms with E-state index < -0.39 is 0 Å². The van der Waals surface area contributed by atoms with Crippen molar-refractivity contribution in [2.24, 2.45) is 23.2 Å². The van der Waals surface area contributed by atoms with Crippen LogP contribution in [0.15, 0.2) is 11.6 Å². The van der Waals surface area contributed by atoms with Crippen molar-refractivity contribution in [3.05, 3.63) is 11.6 Å². The fraction of sp³-hybridized carbons (Fsp3) is 0.786. The fourth-order valence-corrected chi connectivity index (χ4v) is 3.68. The van der Waals surface area contributed by atoms with Gasteiger partial charge in [0, 0.05) is 12.8 Å². The molecule has 90 valence electrons. The van der Waals surface area contributed by atoms with Crippen molar-refractivity contribution in [1.82, 2.24) is 0 Å². The second-order valence-corrected chi connectivity index (χ2v) is 5.98. The van der Waals surface area contributed by atoms with Crippen molar-refractivity contribution in [3.63, 3.8) is 0 Å². The molecule has 0 bridgehead atoms. The largest absolute Gasteiger partial charge is 0.462 e. The monoisotopic (exact) mass is 222 g/mol. The third-order valence-corrected chi connectivity index (χ3v) is 4.60. The first-order valence-corrected chi connectivity index (χ1v) is 6.19. The minimum Gasteiger partial charge on any atom is -0.462 e. The number of ether oxygens (including phenoxy) is 1. The fourth-order valence-electron chi connectivity index (χ4n) is 3.68. The van der Waals surface area contributed by atoms with Gasteiger partial charge in [-0.3, -0.25) is 4.79 Å². The molecule has 0 radical (unpaired) electrons. The van der Waals surface area contributed by atoms with Gasteiger partial charge in [-0.2, -0.15) is 0 Å². The number of carbonyl (C=O) groups is 1. The summed E-state index contributed by atoms with van der Waals surface area (Å²) in [6.45, 7) is 10.4. The number of allylic oxidation sites excluding steroid dienone is 1. The van der Waals surface area contributed by atoms with Crippen LogP contribution in [0, 0.1) is 23.2 Å². The van der Waals surface area contributed by atoms with E-state index in [1.54, 1.807) is 0 Å². The molecule has 2 aliphatic rings. The molecule has 4 atom stereocenters. The Morgan fingerprint density at radius 3 is 2.75 bits per heavy atom. The third kappa shape index (κ3) is 1.68. The van der Waals surface area contributed by atoms with Crippen LogP contribution in [0.3, 0.4) is 0 Å². The third-order valence-electron chi connectivity index (χ3n) is 4.60. The molecular formula is C14H22O2. The minimum absolute atomic E-state index is 0.0170. The summed E-state index contributed by atoms with van der Waals surface area (Å²) in [6, 6.07) is 0. The zero-order valence-electron chi connectivity index (χ0n) is 10.9. The lowest BCUT2D eigenvalue weighted by Gasteiger charge is -2.28. The molecule has 2 heteroatoms. The number of hydrogen-bond acceptors (Lipinski definition) is 2. The van der Waals surface area contributed by atoms with Crippen LogP contribution in [0.1, 0.15) is 41.0 Å². The van der Waals surface area contributed by atoms with Crippen molar-refractivity contribution in [3.8, 4) is 0 Å². The van der Waals surface area contributed by atoms with Crippen LogP contribution in [-0.4, -0.2) is 12.1 Å². The number of hydrogen-bond donors (Lipinski definition) is 0. The molecule has 0 saturated heterocycles. The van der Waals surface area contributed by atoms with Crippen LogP contribution in [0.2, 0.25) is 0 Å². The van der Waals surface area contributed by atoms with E-state index in [1.807, 2.05) is 6.92 Å². The first-order chi connectivity index (χ1) is 7.35. The molecule has 2 rings (SSSR count). The predicted molar refractivity (Wildman–Crippen MR) is 63.9 cm³/mol. The normalized spacial score (nSPS) is 37.1. The van der Waals surface area contributed by atoms with E-state index in [1.165, 1.54) is 18.9 Å². The highest BCUT2D eigenvalue weighted by molar-refractivity contribution is 5.66. The molecule has 2 aliphatic carbocycles. The predicted octanol–water partition coefficient (Wildman–Crippen LogP) is 3.18. The van der Waals surface area contributed by atoms with Crippen molar-refractivity contribution in [2.75, 3.05) is 0 Å². The average Bonchev–Trinajstić information content (AvgIpc) is 2.67. The van der Waals surface area contributed by atoms with Gasteiger partial charge in [0.15, 0.2) is 0 Å². The quantitative estimate of drug-likeness (QED) is 0.530. The van der Waals surface area contributed by atoms with E-state index >= 15 is 0 Å². The lowest BCUT2D eigenvalue weighted by atomic mass is 9.83. The Kier molecular flexibility index (Phi) is 2.64. The van der Waals surface area contributed by atoms with Crippen molar-refractivity contribution >= 4 is 5.97 Å². The van der Waals surface area contributed by atoms with Gasteiger partial charge in [0.2, 0.25) is 0 Å². The molecule has 2 nitrogen and oxygen atoms in total. The zero-order chi connectivity index (χ0) is 12.1. The first-order valence-electron chi connectivity index (χ1n) is 6.19. The number of esters is 1. The van der Waals surface area contributed by atoms with Crippen LogP contribution in [0.4, 0.5) is 0 Å². The average molecular weight is 222 g/mol. The molecule has 16 heavy (non-hydrogen) atoms. The molecule has 1 saturated carbocycles. The summed E-state index contributed by atoms with van der Waals surface area (Å²) in [7, 11) is 0. The Hall–Kier alpha value is -0.790. The molecule has 0 aliphatic heterocycles. The van der Waals surface area contributed by atoms with Crippen LogP contribution in [0.25, 0.3) is 0 Å². The highest BCUT2D eigenvalue weighted by atomic mass is 16.5. The van der Waals surface area contributed by atoms with E-state index in [0.29, 0.717) is 17.3 Å². The summed E-state index contributed by atoms with van der Waals surface area (Å²) >= 11 is 0. The molecule has 1 fully saturated rings. The summed E-state index contributed by atoms with van der Waals surface area (Å²) in [5, 5.41) is 0. The van der Waals surface area contributed by atoms with Gasteiger partial charge in [0.25, 0.3) is 0 Å². The Morgan fingerprint density at radius 1 is 1.56 bits per heavy atom. The van der Waals surface area contributed by atoms with Gasteiger partial charge in [-0.05, 0) is 37.5 Å². The van der Waals surface area contributed by atoms with Crippen molar-refractivity contribution < 1.29 is 9.53 Å². The topological polar surface area (TPSA) is 26.3 Å². The number of fused-ring (bicyclic) bond motifs is 1. The zero-order valence-corrected chi connectivity index (χ0v) is 10.9. The Labute approximate surface area is 98.1 Å². The highest BCUT2D eigenvalue weighted by Gasteiger charge is 2.62. The molecule has 0 N–H and O–H groups in total. The molecule has 0 spiro atoms. The SMILES string of the molecule is CC(=O)O[C@@H](C)[C@@H]1C(C)=CCC2C1C2(C)C. The van der Waals surface area contributed by atoms with E-state index in [9.17, 15) is 4.79 Å². The van der Waals surface area contributed by atoms with Crippen molar-refractivity contribution in [1.29, 1.82) is 0 Å². The molecule has 0 amide bonds. The van der Waals surface area contributed by atoms with Crippen LogP contribution in [-0.2, 0) is 9.53 Å². The molecule has 0 aromatic heterocycles. The Balaban J connectivity index is 2.15. The Morgan fingerprint density at radius 2 is 2.19 bits per heavy atom. The lowest BCUT2D eigenvalue weighted by Crippen LogP contribution is -2.28. The summed E-state index contributed by atoms with van der Waals surface area (Å²) < 4.78 is 5.37. The maximum Gasteiger partial charge on any atom is 0.302 e. The summed E-state index contributed by atoms with van der Waals surface area (Å²) in [6.07, 6.45) is 3.55. The van der Waals surface area contributed by atoms with Gasteiger partial charge < -0.3 is 4.74 Å². The smallest absolute Gasteiger partial charge is 0.302 e. The molecule has 0 aromatic carbocycles. The van der Waals surface area contributed by atoms with Crippen LogP contribution < -0.4 is 0 Å². The van der Waals surface area contributed by atoms with E-state index in [2.05, 4.69) is 26.8 Å². The van der Waals surface area contributed by atoms with Gasteiger partial charge in [-0.1, -0.05) is 25.5 Å². The van der Waals surface area contributed by atoms with E-state index in [4.69, 9.17) is 4.74 Å². The van der Waals surface area contributed by atoms with Gasteiger partial charge >= 0.3 is 5.97 Å². The maximum absolute atomic E-state index is 11.0. The second kappa shape index (κ2) is 3.61. The number of carbonyl (C=O) groups excluding carboxylic acids is 1. The molecule has 2 unspecified atom stereocenters. The second-order valence-electron chi connectivity index (χ2n) is 5.98. The summed E-state index contributed by atoms with van der Waals surface area (Å²) in [5.41, 5.74) is 1.83. The summed E-state index contributed by atoms with van der Waals surface area (Å²) in [5.74, 6) is 1.75. The van der Waals surface area contributed by atoms with Gasteiger partial charge in [-0.15, -0.1) is 0 Å². The van der Waals surface area contributed by atoms with Crippen molar-refractivity contribution in [2.45, 2.75) is 47.1 Å². The Bertz CT molecular complexity index is 341. The standard InChI is InChI=1S/C14H22O2/c1-8-6-7-11-13(14(11,4)5)12(8)9(2)16-10(3)15/h6,9,11-13H,7H2,1-5H3/t9-,11?,12-,13?/m0/s1. The number of rotatable bonds is 2. The highest BCUT2D eigenvalue weighted by Crippen LogP contribution is 2.67. The molecule has 0 heterocycles.